The summed E-state index contributed by atoms with van der Waals surface area (Å²) in [6.45, 7) is 0.231. The standard InChI is InChI=1S/C24H18N4O5S/c1-34(32,33)21-11-7-18(8-12-21)15-27-16-26-23-14-25-19(13-22(23)24(27)29)4-2-3-17-5-9-20(10-6-17)28(30)31/h5-14,16H,3,15H2,1H3. The molecule has 0 aliphatic rings. The van der Waals surface area contributed by atoms with E-state index in [1.54, 1.807) is 30.3 Å². The number of sulfone groups is 1. The van der Waals surface area contributed by atoms with E-state index < -0.39 is 14.8 Å². The molecule has 0 bridgehead atoms. The maximum absolute atomic E-state index is 13.0. The van der Waals surface area contributed by atoms with Gasteiger partial charge in [-0.25, -0.2) is 18.4 Å². The van der Waals surface area contributed by atoms with Crippen LogP contribution in [0.1, 0.15) is 16.8 Å². The first-order chi connectivity index (χ1) is 16.2. The van der Waals surface area contributed by atoms with Crippen molar-refractivity contribution in [1.29, 1.82) is 0 Å². The zero-order chi connectivity index (χ0) is 24.3. The number of hydrogen-bond acceptors (Lipinski definition) is 7. The van der Waals surface area contributed by atoms with Gasteiger partial charge in [0, 0.05) is 24.8 Å². The minimum absolute atomic E-state index is 0.0167. The number of nitrogens with zero attached hydrogens (tertiary/aromatic N) is 4. The van der Waals surface area contributed by atoms with Crippen LogP contribution in [0.5, 0.6) is 0 Å². The van der Waals surface area contributed by atoms with Crippen LogP contribution < -0.4 is 5.56 Å². The molecule has 0 unspecified atom stereocenters. The van der Waals surface area contributed by atoms with Crippen molar-refractivity contribution in [2.24, 2.45) is 0 Å². The number of benzene rings is 2. The highest BCUT2D eigenvalue weighted by Gasteiger charge is 2.09. The summed E-state index contributed by atoms with van der Waals surface area (Å²) in [5, 5.41) is 11.1. The Kier molecular flexibility index (Phi) is 6.21. The number of pyridine rings is 1. The van der Waals surface area contributed by atoms with Gasteiger partial charge in [-0.05, 0) is 35.2 Å². The number of fused-ring (bicyclic) bond motifs is 1. The van der Waals surface area contributed by atoms with E-state index in [4.69, 9.17) is 0 Å². The molecule has 4 rings (SSSR count). The minimum atomic E-state index is -3.29. The van der Waals surface area contributed by atoms with E-state index >= 15 is 0 Å². The minimum Gasteiger partial charge on any atom is -0.294 e. The molecule has 2 aromatic carbocycles. The maximum atomic E-state index is 13.0. The fraction of sp³-hybridized carbons (Fsp3) is 0.125. The summed E-state index contributed by atoms with van der Waals surface area (Å²) in [6.07, 6.45) is 4.42. The van der Waals surface area contributed by atoms with Crippen LogP contribution in [0.2, 0.25) is 0 Å². The predicted octanol–water partition coefficient (Wildman–Crippen LogP) is 2.75. The van der Waals surface area contributed by atoms with Gasteiger partial charge in [0.05, 0.1) is 39.8 Å². The van der Waals surface area contributed by atoms with Gasteiger partial charge >= 0.3 is 0 Å². The van der Waals surface area contributed by atoms with E-state index in [0.717, 1.165) is 17.4 Å². The molecule has 0 radical (unpaired) electrons. The first kappa shape index (κ1) is 22.8. The van der Waals surface area contributed by atoms with Crippen LogP contribution in [-0.2, 0) is 22.8 Å². The number of nitro benzene ring substituents is 1. The zero-order valence-corrected chi connectivity index (χ0v) is 18.8. The Morgan fingerprint density at radius 1 is 1.03 bits per heavy atom. The van der Waals surface area contributed by atoms with Crippen molar-refractivity contribution in [2.75, 3.05) is 6.26 Å². The molecule has 10 heteroatoms. The van der Waals surface area contributed by atoms with Gasteiger partial charge in [-0.1, -0.05) is 30.2 Å². The van der Waals surface area contributed by atoms with Gasteiger partial charge in [0.1, 0.15) is 5.69 Å². The third-order valence-corrected chi connectivity index (χ3v) is 6.20. The molecular weight excluding hydrogens is 456 g/mol. The van der Waals surface area contributed by atoms with Crippen molar-refractivity contribution in [3.63, 3.8) is 0 Å². The first-order valence-electron chi connectivity index (χ1n) is 10.1. The number of non-ortho nitro benzene ring substituents is 1. The van der Waals surface area contributed by atoms with Gasteiger partial charge in [0.2, 0.25) is 0 Å². The topological polar surface area (TPSA) is 125 Å². The summed E-state index contributed by atoms with van der Waals surface area (Å²) >= 11 is 0. The predicted molar refractivity (Wildman–Crippen MR) is 126 cm³/mol. The second-order valence-corrected chi connectivity index (χ2v) is 9.60. The van der Waals surface area contributed by atoms with Crippen molar-refractivity contribution in [1.82, 2.24) is 14.5 Å². The normalized spacial score (nSPS) is 11.1. The van der Waals surface area contributed by atoms with E-state index in [1.807, 2.05) is 0 Å². The SMILES string of the molecule is CS(=O)(=O)c1ccc(Cn2cnc3cnc(C#CCc4ccc([N+](=O)[O-])cc4)cc3c2=O)cc1. The Morgan fingerprint density at radius 2 is 1.71 bits per heavy atom. The molecule has 34 heavy (non-hydrogen) atoms. The first-order valence-corrected chi connectivity index (χ1v) is 12.0. The Balaban J connectivity index is 1.55. The van der Waals surface area contributed by atoms with Crippen molar-refractivity contribution in [3.05, 3.63) is 104 Å². The highest BCUT2D eigenvalue weighted by molar-refractivity contribution is 7.90. The second-order valence-electron chi connectivity index (χ2n) is 7.58. The molecule has 0 aliphatic carbocycles. The second kappa shape index (κ2) is 9.25. The van der Waals surface area contributed by atoms with Gasteiger partial charge < -0.3 is 0 Å². The molecular formula is C24H18N4O5S. The lowest BCUT2D eigenvalue weighted by molar-refractivity contribution is -0.384. The number of hydrogen-bond donors (Lipinski definition) is 0. The molecule has 0 spiro atoms. The maximum Gasteiger partial charge on any atom is 0.269 e. The van der Waals surface area contributed by atoms with Crippen LogP contribution >= 0.6 is 0 Å². The molecule has 0 saturated carbocycles. The molecule has 0 aliphatic heterocycles. The smallest absolute Gasteiger partial charge is 0.269 e. The molecule has 4 aromatic rings. The fourth-order valence-corrected chi connectivity index (χ4v) is 3.88. The molecule has 0 N–H and O–H groups in total. The number of nitro groups is 1. The van der Waals surface area contributed by atoms with E-state index in [-0.39, 0.29) is 22.7 Å². The van der Waals surface area contributed by atoms with E-state index in [1.165, 1.54) is 41.4 Å². The Morgan fingerprint density at radius 3 is 2.35 bits per heavy atom. The average Bonchev–Trinajstić information content (AvgIpc) is 2.81. The number of aromatic nitrogens is 3. The van der Waals surface area contributed by atoms with Crippen molar-refractivity contribution < 1.29 is 13.3 Å². The van der Waals surface area contributed by atoms with Crippen LogP contribution in [-0.4, -0.2) is 34.1 Å². The third-order valence-electron chi connectivity index (χ3n) is 5.07. The average molecular weight is 474 g/mol. The lowest BCUT2D eigenvalue weighted by Gasteiger charge is -2.07. The number of rotatable bonds is 5. The third kappa shape index (κ3) is 5.16. The quantitative estimate of drug-likeness (QED) is 0.247. The summed E-state index contributed by atoms with van der Waals surface area (Å²) in [5.74, 6) is 5.87. The molecule has 0 fully saturated rings. The highest BCUT2D eigenvalue weighted by Crippen LogP contribution is 2.13. The van der Waals surface area contributed by atoms with Gasteiger partial charge in [-0.2, -0.15) is 0 Å². The molecule has 0 atom stereocenters. The van der Waals surface area contributed by atoms with Gasteiger partial charge in [-0.3, -0.25) is 19.5 Å². The summed E-state index contributed by atoms with van der Waals surface area (Å²) in [5.41, 5.74) is 2.18. The Hall–Kier alpha value is -4.36. The summed E-state index contributed by atoms with van der Waals surface area (Å²) in [7, 11) is -3.29. The van der Waals surface area contributed by atoms with Crippen LogP contribution in [0, 0.1) is 22.0 Å². The molecule has 0 saturated heterocycles. The summed E-state index contributed by atoms with van der Waals surface area (Å²) in [6, 6.07) is 14.1. The molecule has 2 heterocycles. The van der Waals surface area contributed by atoms with Crippen LogP contribution in [0.4, 0.5) is 5.69 Å². The van der Waals surface area contributed by atoms with Crippen LogP contribution in [0.15, 0.2) is 76.8 Å². The largest absolute Gasteiger partial charge is 0.294 e. The molecule has 9 nitrogen and oxygen atoms in total. The lowest BCUT2D eigenvalue weighted by atomic mass is 10.1. The fourth-order valence-electron chi connectivity index (χ4n) is 3.25. The molecule has 2 aromatic heterocycles. The monoisotopic (exact) mass is 474 g/mol. The zero-order valence-electron chi connectivity index (χ0n) is 18.0. The van der Waals surface area contributed by atoms with Crippen molar-refractivity contribution >= 4 is 26.4 Å². The lowest BCUT2D eigenvalue weighted by Crippen LogP contribution is -2.21. The van der Waals surface area contributed by atoms with Crippen molar-refractivity contribution in [3.8, 4) is 11.8 Å². The van der Waals surface area contributed by atoms with E-state index in [9.17, 15) is 23.3 Å². The van der Waals surface area contributed by atoms with E-state index in [2.05, 4.69) is 21.8 Å². The Labute approximate surface area is 194 Å². The Bertz CT molecular complexity index is 1620. The summed E-state index contributed by atoms with van der Waals surface area (Å²) in [4.78, 5) is 32.0. The van der Waals surface area contributed by atoms with E-state index in [0.29, 0.717) is 23.0 Å². The van der Waals surface area contributed by atoms with Crippen molar-refractivity contribution in [2.45, 2.75) is 17.9 Å². The summed E-state index contributed by atoms with van der Waals surface area (Å²) < 4.78 is 24.7. The molecule has 170 valence electrons. The van der Waals surface area contributed by atoms with Gasteiger partial charge in [0.15, 0.2) is 9.84 Å². The van der Waals surface area contributed by atoms with Gasteiger partial charge in [-0.15, -0.1) is 0 Å². The van der Waals surface area contributed by atoms with Gasteiger partial charge in [0.25, 0.3) is 11.2 Å². The highest BCUT2D eigenvalue weighted by atomic mass is 32.2. The molecule has 0 amide bonds. The van der Waals surface area contributed by atoms with Crippen LogP contribution in [0.3, 0.4) is 0 Å². The van der Waals surface area contributed by atoms with Crippen LogP contribution in [0.25, 0.3) is 10.9 Å².